The lowest BCUT2D eigenvalue weighted by atomic mass is 10.1. The number of ether oxygens (including phenoxy) is 5. The monoisotopic (exact) mass is 401 g/mol. The predicted molar refractivity (Wildman–Crippen MR) is 108 cm³/mol. The van der Waals surface area contributed by atoms with E-state index < -0.39 is 18.5 Å². The van der Waals surface area contributed by atoms with Crippen molar-refractivity contribution in [2.24, 2.45) is 0 Å². The number of carbonyl (C=O) groups is 2. The fourth-order valence-electron chi connectivity index (χ4n) is 2.42. The number of methoxy groups -OCH3 is 4. The van der Waals surface area contributed by atoms with Gasteiger partial charge in [-0.25, -0.2) is 4.79 Å². The highest BCUT2D eigenvalue weighted by Gasteiger charge is 2.09. The van der Waals surface area contributed by atoms with Crippen LogP contribution in [0.4, 0.5) is 5.69 Å². The smallest absolute Gasteiger partial charge is 0.331 e. The molecule has 0 aromatic heterocycles. The molecule has 8 nitrogen and oxygen atoms in total. The van der Waals surface area contributed by atoms with E-state index in [9.17, 15) is 9.59 Å². The summed E-state index contributed by atoms with van der Waals surface area (Å²) in [6.07, 6.45) is 2.73. The Hall–Kier alpha value is -3.68. The molecule has 0 radical (unpaired) electrons. The maximum absolute atomic E-state index is 12.0. The minimum atomic E-state index is -0.669. The number of esters is 1. The number of hydrogen-bond acceptors (Lipinski definition) is 7. The van der Waals surface area contributed by atoms with Crippen molar-refractivity contribution in [1.29, 1.82) is 0 Å². The molecule has 0 aliphatic heterocycles. The second kappa shape index (κ2) is 10.6. The SMILES string of the molecule is COc1ccc(OC)c(C=CC(=O)OCC(=O)Nc2ccc(OC)c(OC)c2)c1. The van der Waals surface area contributed by atoms with E-state index in [0.29, 0.717) is 34.2 Å². The lowest BCUT2D eigenvalue weighted by Crippen LogP contribution is -2.20. The van der Waals surface area contributed by atoms with Crippen molar-refractivity contribution in [3.8, 4) is 23.0 Å². The van der Waals surface area contributed by atoms with Crippen LogP contribution in [0, 0.1) is 0 Å². The van der Waals surface area contributed by atoms with Crippen molar-refractivity contribution in [1.82, 2.24) is 0 Å². The molecule has 0 spiro atoms. The van der Waals surface area contributed by atoms with Gasteiger partial charge in [-0.05, 0) is 36.4 Å². The van der Waals surface area contributed by atoms with Crippen LogP contribution in [0.25, 0.3) is 6.08 Å². The summed E-state index contributed by atoms with van der Waals surface area (Å²) in [6.45, 7) is -0.438. The molecule has 29 heavy (non-hydrogen) atoms. The zero-order valence-corrected chi connectivity index (χ0v) is 16.7. The highest BCUT2D eigenvalue weighted by molar-refractivity contribution is 5.95. The van der Waals surface area contributed by atoms with Gasteiger partial charge < -0.3 is 29.0 Å². The van der Waals surface area contributed by atoms with Crippen LogP contribution in [0.3, 0.4) is 0 Å². The highest BCUT2D eigenvalue weighted by atomic mass is 16.5. The number of benzene rings is 2. The first-order chi connectivity index (χ1) is 14.0. The summed E-state index contributed by atoms with van der Waals surface area (Å²) in [5.41, 5.74) is 1.12. The summed E-state index contributed by atoms with van der Waals surface area (Å²) in [6, 6.07) is 10.1. The van der Waals surface area contributed by atoms with Crippen LogP contribution in [0.1, 0.15) is 5.56 Å². The van der Waals surface area contributed by atoms with Gasteiger partial charge in [0.05, 0.1) is 28.4 Å². The summed E-state index contributed by atoms with van der Waals surface area (Å²) in [7, 11) is 6.08. The molecule has 0 bridgehead atoms. The Morgan fingerprint density at radius 1 is 0.862 bits per heavy atom. The number of amides is 1. The van der Waals surface area contributed by atoms with Crippen LogP contribution in [-0.4, -0.2) is 46.9 Å². The maximum atomic E-state index is 12.0. The van der Waals surface area contributed by atoms with E-state index in [-0.39, 0.29) is 0 Å². The average molecular weight is 401 g/mol. The van der Waals surface area contributed by atoms with Gasteiger partial charge in [0.1, 0.15) is 11.5 Å². The third-order valence-corrected chi connectivity index (χ3v) is 3.85. The molecule has 0 atom stereocenters. The molecule has 154 valence electrons. The van der Waals surface area contributed by atoms with Gasteiger partial charge in [-0.3, -0.25) is 4.79 Å². The van der Waals surface area contributed by atoms with Gasteiger partial charge in [0.15, 0.2) is 18.1 Å². The van der Waals surface area contributed by atoms with Crippen molar-refractivity contribution >= 4 is 23.6 Å². The Morgan fingerprint density at radius 3 is 2.21 bits per heavy atom. The van der Waals surface area contributed by atoms with Crippen LogP contribution in [0.5, 0.6) is 23.0 Å². The molecule has 1 amide bonds. The van der Waals surface area contributed by atoms with Gasteiger partial charge in [-0.1, -0.05) is 0 Å². The van der Waals surface area contributed by atoms with E-state index in [1.54, 1.807) is 43.5 Å². The third kappa shape index (κ3) is 6.17. The Morgan fingerprint density at radius 2 is 1.55 bits per heavy atom. The van der Waals surface area contributed by atoms with Gasteiger partial charge in [0.25, 0.3) is 5.91 Å². The third-order valence-electron chi connectivity index (χ3n) is 3.85. The predicted octanol–water partition coefficient (Wildman–Crippen LogP) is 2.92. The van der Waals surface area contributed by atoms with E-state index in [4.69, 9.17) is 23.7 Å². The van der Waals surface area contributed by atoms with E-state index in [1.165, 1.54) is 33.5 Å². The number of nitrogens with one attached hydrogen (secondary N) is 1. The lowest BCUT2D eigenvalue weighted by Gasteiger charge is -2.10. The molecule has 0 aliphatic carbocycles. The molecule has 0 aliphatic rings. The molecule has 0 heterocycles. The first-order valence-corrected chi connectivity index (χ1v) is 8.59. The topological polar surface area (TPSA) is 92.3 Å². The molecule has 0 unspecified atom stereocenters. The van der Waals surface area contributed by atoms with E-state index >= 15 is 0 Å². The average Bonchev–Trinajstić information content (AvgIpc) is 2.75. The first kappa shape index (κ1) is 21.6. The lowest BCUT2D eigenvalue weighted by molar-refractivity contribution is -0.142. The van der Waals surface area contributed by atoms with Crippen molar-refractivity contribution < 1.29 is 33.3 Å². The Labute approximate surface area is 169 Å². The molecule has 8 heteroatoms. The molecular weight excluding hydrogens is 378 g/mol. The number of anilines is 1. The quantitative estimate of drug-likeness (QED) is 0.510. The molecule has 2 aromatic carbocycles. The van der Waals surface area contributed by atoms with E-state index in [0.717, 1.165) is 0 Å². The van der Waals surface area contributed by atoms with Gasteiger partial charge in [-0.2, -0.15) is 0 Å². The number of carbonyl (C=O) groups excluding carboxylic acids is 2. The molecular formula is C21H23NO7. The standard InChI is InChI=1S/C21H23NO7/c1-25-16-7-9-17(26-2)14(11-16)5-10-21(24)29-13-20(23)22-15-6-8-18(27-3)19(12-15)28-4/h5-12H,13H2,1-4H3,(H,22,23). The van der Waals surface area contributed by atoms with Gasteiger partial charge >= 0.3 is 5.97 Å². The van der Waals surface area contributed by atoms with Crippen LogP contribution in [0.15, 0.2) is 42.5 Å². The zero-order valence-electron chi connectivity index (χ0n) is 16.7. The molecule has 2 aromatic rings. The summed E-state index contributed by atoms with van der Waals surface area (Å²) >= 11 is 0. The van der Waals surface area contributed by atoms with Crippen LogP contribution < -0.4 is 24.3 Å². The summed E-state index contributed by atoms with van der Waals surface area (Å²) in [5, 5.41) is 2.62. The number of rotatable bonds is 9. The Balaban J connectivity index is 1.92. The molecule has 1 N–H and O–H groups in total. The van der Waals surface area contributed by atoms with E-state index in [2.05, 4.69) is 5.32 Å². The Kier molecular flexibility index (Phi) is 7.90. The van der Waals surface area contributed by atoms with Gasteiger partial charge in [-0.15, -0.1) is 0 Å². The minimum Gasteiger partial charge on any atom is -0.497 e. The maximum Gasteiger partial charge on any atom is 0.331 e. The van der Waals surface area contributed by atoms with E-state index in [1.807, 2.05) is 0 Å². The normalized spacial score (nSPS) is 10.3. The van der Waals surface area contributed by atoms with Crippen molar-refractivity contribution in [3.63, 3.8) is 0 Å². The van der Waals surface area contributed by atoms with Gasteiger partial charge in [0.2, 0.25) is 0 Å². The Bertz CT molecular complexity index is 893. The first-order valence-electron chi connectivity index (χ1n) is 8.59. The fourth-order valence-corrected chi connectivity index (χ4v) is 2.42. The van der Waals surface area contributed by atoms with Crippen molar-refractivity contribution in [2.45, 2.75) is 0 Å². The van der Waals surface area contributed by atoms with Crippen LogP contribution >= 0.6 is 0 Å². The second-order valence-corrected chi connectivity index (χ2v) is 5.67. The molecule has 0 saturated heterocycles. The fraction of sp³-hybridized carbons (Fsp3) is 0.238. The van der Waals surface area contributed by atoms with Crippen molar-refractivity contribution in [2.75, 3.05) is 40.4 Å². The summed E-state index contributed by atoms with van der Waals surface area (Å²) in [5.74, 6) is 1.04. The van der Waals surface area contributed by atoms with Crippen molar-refractivity contribution in [3.05, 3.63) is 48.0 Å². The molecule has 0 saturated carbocycles. The van der Waals surface area contributed by atoms with Gasteiger partial charge in [0, 0.05) is 23.4 Å². The van der Waals surface area contributed by atoms with Crippen LogP contribution in [0.2, 0.25) is 0 Å². The minimum absolute atomic E-state index is 0.438. The zero-order chi connectivity index (χ0) is 21.2. The van der Waals surface area contributed by atoms with Crippen LogP contribution in [-0.2, 0) is 14.3 Å². The largest absolute Gasteiger partial charge is 0.497 e. The summed E-state index contributed by atoms with van der Waals surface area (Å²) < 4.78 is 25.7. The second-order valence-electron chi connectivity index (χ2n) is 5.67. The highest BCUT2D eigenvalue weighted by Crippen LogP contribution is 2.29. The molecule has 0 fully saturated rings. The number of hydrogen-bond donors (Lipinski definition) is 1. The summed E-state index contributed by atoms with van der Waals surface area (Å²) in [4.78, 5) is 23.9. The molecule has 2 rings (SSSR count).